The predicted octanol–water partition coefficient (Wildman–Crippen LogP) is 3.32. The molecular weight excluding hydrogens is 254 g/mol. The zero-order chi connectivity index (χ0) is 13.1. The molecule has 3 rings (SSSR count). The Labute approximate surface area is 118 Å². The van der Waals surface area contributed by atoms with Crippen LogP contribution in [0.3, 0.4) is 0 Å². The lowest BCUT2D eigenvalue weighted by Gasteiger charge is -2.28. The lowest BCUT2D eigenvalue weighted by molar-refractivity contribution is 0.0322. The average Bonchev–Trinajstić information content (AvgIpc) is 2.92. The van der Waals surface area contributed by atoms with Gasteiger partial charge in [0.1, 0.15) is 0 Å². The van der Waals surface area contributed by atoms with Crippen molar-refractivity contribution in [3.63, 3.8) is 0 Å². The average molecular weight is 273 g/mol. The first-order valence-corrected chi connectivity index (χ1v) is 7.68. The van der Waals surface area contributed by atoms with Gasteiger partial charge in [0.2, 0.25) is 0 Å². The number of benzene rings is 1. The Kier molecular flexibility index (Phi) is 3.97. The number of hydrogen-bond acceptors (Lipinski definition) is 3. The number of hydrogen-bond donors (Lipinski definition) is 1. The van der Waals surface area contributed by atoms with Crippen molar-refractivity contribution < 1.29 is 4.74 Å². The molecule has 0 amide bonds. The summed E-state index contributed by atoms with van der Waals surface area (Å²) in [4.78, 5) is 1.36. The summed E-state index contributed by atoms with van der Waals surface area (Å²) in [5.74, 6) is 0. The number of fused-ring (bicyclic) bond motifs is 1. The van der Waals surface area contributed by atoms with Gasteiger partial charge < -0.3 is 10.5 Å². The van der Waals surface area contributed by atoms with E-state index in [9.17, 15) is 0 Å². The molecule has 0 spiro atoms. The van der Waals surface area contributed by atoms with Gasteiger partial charge in [-0.2, -0.15) is 0 Å². The van der Waals surface area contributed by atoms with E-state index in [0.717, 1.165) is 25.9 Å². The molecule has 2 heterocycles. The maximum absolute atomic E-state index is 6.28. The van der Waals surface area contributed by atoms with Crippen molar-refractivity contribution in [2.45, 2.75) is 31.4 Å². The quantitative estimate of drug-likeness (QED) is 0.927. The molecule has 0 bridgehead atoms. The third-order valence-electron chi connectivity index (χ3n) is 3.65. The molecule has 3 heteroatoms. The van der Waals surface area contributed by atoms with Crippen LogP contribution in [0.1, 0.15) is 28.5 Å². The van der Waals surface area contributed by atoms with Crippen molar-refractivity contribution in [1.82, 2.24) is 0 Å². The Bertz CT molecular complexity index is 523. The molecule has 2 nitrogen and oxygen atoms in total. The number of thiophene rings is 1. The minimum absolute atomic E-state index is 0.162. The number of rotatable bonds is 4. The molecule has 1 aliphatic heterocycles. The molecular formula is C16H19NOS. The van der Waals surface area contributed by atoms with Gasteiger partial charge in [0, 0.05) is 10.9 Å². The highest BCUT2D eigenvalue weighted by Crippen LogP contribution is 2.30. The van der Waals surface area contributed by atoms with Crippen molar-refractivity contribution in [3.05, 3.63) is 57.8 Å². The molecule has 2 aromatic rings. The van der Waals surface area contributed by atoms with Crippen LogP contribution in [0, 0.1) is 0 Å². The third-order valence-corrected chi connectivity index (χ3v) is 4.55. The van der Waals surface area contributed by atoms with Crippen LogP contribution in [-0.2, 0) is 17.6 Å². The van der Waals surface area contributed by atoms with Crippen molar-refractivity contribution in [2.75, 3.05) is 6.61 Å². The van der Waals surface area contributed by atoms with Crippen LogP contribution in [0.5, 0.6) is 0 Å². The van der Waals surface area contributed by atoms with Crippen LogP contribution in [0.25, 0.3) is 0 Å². The third kappa shape index (κ3) is 3.06. The Morgan fingerprint density at radius 2 is 2.16 bits per heavy atom. The first-order valence-electron chi connectivity index (χ1n) is 6.80. The highest BCUT2D eigenvalue weighted by molar-refractivity contribution is 7.09. The molecule has 0 radical (unpaired) electrons. The topological polar surface area (TPSA) is 35.2 Å². The standard InChI is InChI=1S/C16H19NOS/c17-13(10-14-5-3-9-19-14)11-16-15-6-2-1-4-12(15)7-8-18-16/h1-6,9,13,16H,7-8,10-11,17H2. The van der Waals surface area contributed by atoms with Crippen LogP contribution in [0.4, 0.5) is 0 Å². The fourth-order valence-corrected chi connectivity index (χ4v) is 3.52. The van der Waals surface area contributed by atoms with Crippen LogP contribution in [0.2, 0.25) is 0 Å². The van der Waals surface area contributed by atoms with Crippen molar-refractivity contribution in [1.29, 1.82) is 0 Å². The van der Waals surface area contributed by atoms with E-state index in [1.54, 1.807) is 11.3 Å². The molecule has 0 saturated carbocycles. The van der Waals surface area contributed by atoms with Crippen LogP contribution in [0.15, 0.2) is 41.8 Å². The van der Waals surface area contributed by atoms with Gasteiger partial charge in [-0.05, 0) is 41.8 Å². The highest BCUT2D eigenvalue weighted by Gasteiger charge is 2.22. The van der Waals surface area contributed by atoms with Gasteiger partial charge in [0.25, 0.3) is 0 Å². The zero-order valence-corrected chi connectivity index (χ0v) is 11.7. The van der Waals surface area contributed by atoms with Gasteiger partial charge in [-0.25, -0.2) is 0 Å². The van der Waals surface area contributed by atoms with Gasteiger partial charge in [0.15, 0.2) is 0 Å². The van der Waals surface area contributed by atoms with Crippen LogP contribution in [-0.4, -0.2) is 12.6 Å². The number of nitrogens with two attached hydrogens (primary N) is 1. The second-order valence-electron chi connectivity index (χ2n) is 5.09. The first kappa shape index (κ1) is 12.9. The van der Waals surface area contributed by atoms with E-state index < -0.39 is 0 Å². The molecule has 0 fully saturated rings. The zero-order valence-electron chi connectivity index (χ0n) is 10.9. The summed E-state index contributed by atoms with van der Waals surface area (Å²) >= 11 is 1.78. The van der Waals surface area contributed by atoms with E-state index >= 15 is 0 Å². The molecule has 1 aromatic carbocycles. The summed E-state index contributed by atoms with van der Waals surface area (Å²) in [6.07, 6.45) is 3.03. The Morgan fingerprint density at radius 1 is 1.26 bits per heavy atom. The second-order valence-corrected chi connectivity index (χ2v) is 6.12. The molecule has 0 aliphatic carbocycles. The highest BCUT2D eigenvalue weighted by atomic mass is 32.1. The molecule has 2 atom stereocenters. The van der Waals surface area contributed by atoms with Crippen molar-refractivity contribution in [2.24, 2.45) is 5.73 Å². The normalized spacial score (nSPS) is 19.9. The summed E-state index contributed by atoms with van der Waals surface area (Å²) < 4.78 is 5.92. The Balaban J connectivity index is 1.67. The summed E-state index contributed by atoms with van der Waals surface area (Å²) in [5, 5.41) is 2.11. The van der Waals surface area contributed by atoms with E-state index in [-0.39, 0.29) is 12.1 Å². The van der Waals surface area contributed by atoms with Crippen molar-refractivity contribution >= 4 is 11.3 Å². The van der Waals surface area contributed by atoms with E-state index in [4.69, 9.17) is 10.5 Å². The van der Waals surface area contributed by atoms with E-state index in [1.807, 2.05) is 0 Å². The van der Waals surface area contributed by atoms with Crippen molar-refractivity contribution in [3.8, 4) is 0 Å². The maximum Gasteiger partial charge on any atom is 0.0842 e. The summed E-state index contributed by atoms with van der Waals surface area (Å²) in [6.45, 7) is 0.813. The van der Waals surface area contributed by atoms with Gasteiger partial charge in [-0.1, -0.05) is 30.3 Å². The molecule has 1 aromatic heterocycles. The van der Waals surface area contributed by atoms with E-state index in [0.29, 0.717) is 0 Å². The largest absolute Gasteiger partial charge is 0.373 e. The molecule has 2 unspecified atom stereocenters. The van der Waals surface area contributed by atoms with E-state index in [2.05, 4.69) is 41.8 Å². The smallest absolute Gasteiger partial charge is 0.0842 e. The van der Waals surface area contributed by atoms with Crippen LogP contribution < -0.4 is 5.73 Å². The predicted molar refractivity (Wildman–Crippen MR) is 79.5 cm³/mol. The van der Waals surface area contributed by atoms with E-state index in [1.165, 1.54) is 16.0 Å². The second kappa shape index (κ2) is 5.87. The molecule has 2 N–H and O–H groups in total. The Hall–Kier alpha value is -1.16. The van der Waals surface area contributed by atoms with Crippen LogP contribution >= 0.6 is 11.3 Å². The molecule has 0 saturated heterocycles. The monoisotopic (exact) mass is 273 g/mol. The summed E-state index contributed by atoms with van der Waals surface area (Å²) in [5.41, 5.74) is 9.03. The molecule has 19 heavy (non-hydrogen) atoms. The lowest BCUT2D eigenvalue weighted by Crippen LogP contribution is -2.28. The summed E-state index contributed by atoms with van der Waals surface area (Å²) in [6, 6.07) is 13.0. The fourth-order valence-electron chi connectivity index (χ4n) is 2.72. The minimum Gasteiger partial charge on any atom is -0.373 e. The first-order chi connectivity index (χ1) is 9.33. The van der Waals surface area contributed by atoms with Gasteiger partial charge in [0.05, 0.1) is 12.7 Å². The maximum atomic E-state index is 6.28. The summed E-state index contributed by atoms with van der Waals surface area (Å²) in [7, 11) is 0. The lowest BCUT2D eigenvalue weighted by atomic mass is 9.93. The van der Waals surface area contributed by atoms with Gasteiger partial charge in [-0.3, -0.25) is 0 Å². The minimum atomic E-state index is 0.162. The molecule has 100 valence electrons. The Morgan fingerprint density at radius 3 is 3.00 bits per heavy atom. The SMILES string of the molecule is NC(Cc1cccs1)CC1OCCc2ccccc21. The van der Waals surface area contributed by atoms with Gasteiger partial charge in [-0.15, -0.1) is 11.3 Å². The fraction of sp³-hybridized carbons (Fsp3) is 0.375. The number of ether oxygens (including phenoxy) is 1. The van der Waals surface area contributed by atoms with Gasteiger partial charge >= 0.3 is 0 Å². The molecule has 1 aliphatic rings.